The lowest BCUT2D eigenvalue weighted by molar-refractivity contribution is -0.117. The van der Waals surface area contributed by atoms with Crippen LogP contribution in [0.3, 0.4) is 0 Å². The molecule has 25 heavy (non-hydrogen) atoms. The molecule has 0 saturated heterocycles. The number of aromatic nitrogens is 2. The largest absolute Gasteiger partial charge is 0.494 e. The van der Waals surface area contributed by atoms with Gasteiger partial charge < -0.3 is 14.5 Å². The Balaban J connectivity index is 1.95. The van der Waals surface area contributed by atoms with Gasteiger partial charge in [0.25, 0.3) is 0 Å². The zero-order chi connectivity index (χ0) is 18.4. The van der Waals surface area contributed by atoms with Crippen molar-refractivity contribution >= 4 is 21.8 Å². The monoisotopic (exact) mass is 365 g/mol. The Morgan fingerprint density at radius 1 is 1.32 bits per heavy atom. The predicted molar refractivity (Wildman–Crippen MR) is 90.6 cm³/mol. The molecule has 9 heteroatoms. The van der Waals surface area contributed by atoms with Crippen LogP contribution < -0.4 is 10.1 Å². The molecule has 0 fully saturated rings. The third-order valence-corrected chi connectivity index (χ3v) is 3.89. The molecule has 0 bridgehead atoms. The molecule has 1 amide bonds. The lowest BCUT2D eigenvalue weighted by Crippen LogP contribution is -2.24. The standard InChI is InChI=1S/C16H19N3O5S/c1-4-23-13-8-5-12(6-9-13)7-10-14(20)17-11(2)15-18-19-16(24-15)25(3,21)22/h5-11H,4H2,1-3H3,(H,17,20)/b10-7+/t11-/m0/s1. The molecular weight excluding hydrogens is 346 g/mol. The van der Waals surface area contributed by atoms with Crippen molar-refractivity contribution in [1.29, 1.82) is 0 Å². The first kappa shape index (κ1) is 18.7. The molecule has 0 radical (unpaired) electrons. The summed E-state index contributed by atoms with van der Waals surface area (Å²) in [5.74, 6) is 0.402. The molecule has 134 valence electrons. The highest BCUT2D eigenvalue weighted by molar-refractivity contribution is 7.90. The van der Waals surface area contributed by atoms with Gasteiger partial charge in [0.05, 0.1) is 6.61 Å². The molecule has 1 N–H and O–H groups in total. The van der Waals surface area contributed by atoms with Gasteiger partial charge in [0.15, 0.2) is 0 Å². The molecule has 0 aliphatic rings. The number of nitrogens with one attached hydrogen (secondary N) is 1. The quantitative estimate of drug-likeness (QED) is 0.744. The summed E-state index contributed by atoms with van der Waals surface area (Å²) in [4.78, 5) is 11.9. The van der Waals surface area contributed by atoms with Crippen LogP contribution in [0, 0.1) is 0 Å². The molecular formula is C16H19N3O5S. The fraction of sp³-hybridized carbons (Fsp3) is 0.312. The number of nitrogens with zero attached hydrogens (tertiary/aromatic N) is 2. The second-order valence-electron chi connectivity index (χ2n) is 5.24. The predicted octanol–water partition coefficient (Wildman–Crippen LogP) is 1.76. The SMILES string of the molecule is CCOc1ccc(/C=C/C(=O)N[C@@H](C)c2nnc(S(C)(=O)=O)o2)cc1. The molecule has 0 saturated carbocycles. The number of carbonyl (C=O) groups excluding carboxylic acids is 1. The fourth-order valence-electron chi connectivity index (χ4n) is 1.88. The number of ether oxygens (including phenoxy) is 1. The van der Waals surface area contributed by atoms with Gasteiger partial charge in [0.2, 0.25) is 21.6 Å². The molecule has 2 aromatic rings. The minimum Gasteiger partial charge on any atom is -0.494 e. The van der Waals surface area contributed by atoms with E-state index in [0.29, 0.717) is 6.61 Å². The number of sulfone groups is 1. The number of benzene rings is 1. The summed E-state index contributed by atoms with van der Waals surface area (Å²) in [6.07, 6.45) is 3.97. The van der Waals surface area contributed by atoms with Crippen LogP contribution in [0.15, 0.2) is 40.0 Å². The van der Waals surface area contributed by atoms with Crippen LogP contribution in [0.5, 0.6) is 5.75 Å². The summed E-state index contributed by atoms with van der Waals surface area (Å²) in [5, 5.41) is 9.22. The molecule has 1 aromatic heterocycles. The highest BCUT2D eigenvalue weighted by Gasteiger charge is 2.20. The zero-order valence-corrected chi connectivity index (χ0v) is 14.9. The van der Waals surface area contributed by atoms with Gasteiger partial charge in [-0.25, -0.2) is 8.42 Å². The van der Waals surface area contributed by atoms with Crippen molar-refractivity contribution in [2.24, 2.45) is 0 Å². The van der Waals surface area contributed by atoms with Gasteiger partial charge >= 0.3 is 5.22 Å². The summed E-state index contributed by atoms with van der Waals surface area (Å²) in [5.41, 5.74) is 0.836. The van der Waals surface area contributed by atoms with E-state index in [2.05, 4.69) is 15.5 Å². The number of amides is 1. The molecule has 0 aliphatic heterocycles. The van der Waals surface area contributed by atoms with Gasteiger partial charge in [-0.1, -0.05) is 17.2 Å². The second kappa shape index (κ2) is 7.93. The maximum Gasteiger partial charge on any atom is 0.335 e. The third kappa shape index (κ3) is 5.42. The van der Waals surface area contributed by atoms with E-state index in [9.17, 15) is 13.2 Å². The second-order valence-corrected chi connectivity index (χ2v) is 7.14. The Labute approximate surface area is 145 Å². The molecule has 1 aromatic carbocycles. The van der Waals surface area contributed by atoms with E-state index in [1.807, 2.05) is 31.2 Å². The van der Waals surface area contributed by atoms with Crippen molar-refractivity contribution in [2.45, 2.75) is 25.1 Å². The Kier molecular flexibility index (Phi) is 5.92. The highest BCUT2D eigenvalue weighted by Crippen LogP contribution is 2.15. The average Bonchev–Trinajstić information content (AvgIpc) is 3.05. The summed E-state index contributed by atoms with van der Waals surface area (Å²) in [7, 11) is -3.58. The van der Waals surface area contributed by atoms with E-state index >= 15 is 0 Å². The van der Waals surface area contributed by atoms with E-state index in [0.717, 1.165) is 17.6 Å². The van der Waals surface area contributed by atoms with Crippen LogP contribution in [-0.2, 0) is 14.6 Å². The average molecular weight is 365 g/mol. The van der Waals surface area contributed by atoms with Gasteiger partial charge in [0, 0.05) is 12.3 Å². The van der Waals surface area contributed by atoms with Crippen LogP contribution in [0.1, 0.15) is 31.3 Å². The first-order chi connectivity index (χ1) is 11.8. The van der Waals surface area contributed by atoms with E-state index in [1.165, 1.54) is 6.08 Å². The number of hydrogen-bond acceptors (Lipinski definition) is 7. The molecule has 8 nitrogen and oxygen atoms in total. The maximum absolute atomic E-state index is 11.9. The Bertz CT molecular complexity index is 856. The Hall–Kier alpha value is -2.68. The molecule has 1 atom stereocenters. The topological polar surface area (TPSA) is 111 Å². The summed E-state index contributed by atoms with van der Waals surface area (Å²) in [6, 6.07) is 6.66. The van der Waals surface area contributed by atoms with E-state index in [1.54, 1.807) is 13.0 Å². The Morgan fingerprint density at radius 2 is 2.00 bits per heavy atom. The van der Waals surface area contributed by atoms with E-state index in [-0.39, 0.29) is 11.8 Å². The molecule has 2 rings (SSSR count). The number of hydrogen-bond donors (Lipinski definition) is 1. The van der Waals surface area contributed by atoms with Gasteiger partial charge in [-0.05, 0) is 37.6 Å². The molecule has 0 unspecified atom stereocenters. The van der Waals surface area contributed by atoms with Gasteiger partial charge in [-0.2, -0.15) is 0 Å². The number of rotatable bonds is 7. The Morgan fingerprint density at radius 3 is 2.56 bits per heavy atom. The van der Waals surface area contributed by atoms with E-state index in [4.69, 9.17) is 9.15 Å². The molecule has 1 heterocycles. The van der Waals surface area contributed by atoms with Crippen molar-refractivity contribution in [3.8, 4) is 5.75 Å². The van der Waals surface area contributed by atoms with Gasteiger partial charge in [-0.15, -0.1) is 5.10 Å². The van der Waals surface area contributed by atoms with Crippen molar-refractivity contribution in [2.75, 3.05) is 12.9 Å². The summed E-state index contributed by atoms with van der Waals surface area (Å²) < 4.78 is 33.0. The first-order valence-electron chi connectivity index (χ1n) is 7.54. The van der Waals surface area contributed by atoms with Crippen molar-refractivity contribution < 1.29 is 22.4 Å². The first-order valence-corrected chi connectivity index (χ1v) is 9.43. The molecule has 0 spiro atoms. The summed E-state index contributed by atoms with van der Waals surface area (Å²) in [6.45, 7) is 4.11. The van der Waals surface area contributed by atoms with Crippen molar-refractivity contribution in [3.63, 3.8) is 0 Å². The summed E-state index contributed by atoms with van der Waals surface area (Å²) >= 11 is 0. The van der Waals surface area contributed by atoms with E-state index < -0.39 is 21.1 Å². The lowest BCUT2D eigenvalue weighted by Gasteiger charge is -2.07. The lowest BCUT2D eigenvalue weighted by atomic mass is 10.2. The highest BCUT2D eigenvalue weighted by atomic mass is 32.2. The minimum atomic E-state index is -3.58. The minimum absolute atomic E-state index is 0.0169. The normalized spacial score (nSPS) is 12.9. The number of carbonyl (C=O) groups is 1. The van der Waals surface area contributed by atoms with Crippen molar-refractivity contribution in [3.05, 3.63) is 41.8 Å². The van der Waals surface area contributed by atoms with Gasteiger partial charge in [-0.3, -0.25) is 4.79 Å². The van der Waals surface area contributed by atoms with Gasteiger partial charge in [0.1, 0.15) is 11.8 Å². The van der Waals surface area contributed by atoms with Crippen LogP contribution >= 0.6 is 0 Å². The van der Waals surface area contributed by atoms with Crippen LogP contribution in [0.2, 0.25) is 0 Å². The molecule has 0 aliphatic carbocycles. The van der Waals surface area contributed by atoms with Crippen LogP contribution in [0.4, 0.5) is 0 Å². The third-order valence-electron chi connectivity index (χ3n) is 3.09. The van der Waals surface area contributed by atoms with Crippen molar-refractivity contribution in [1.82, 2.24) is 15.5 Å². The van der Waals surface area contributed by atoms with Crippen LogP contribution in [-0.4, -0.2) is 37.4 Å². The van der Waals surface area contributed by atoms with Crippen LogP contribution in [0.25, 0.3) is 6.08 Å². The maximum atomic E-state index is 11.9. The fourth-order valence-corrected chi connectivity index (χ4v) is 2.31. The smallest absolute Gasteiger partial charge is 0.335 e. The zero-order valence-electron chi connectivity index (χ0n) is 14.1.